The van der Waals surface area contributed by atoms with E-state index in [1.807, 2.05) is 16.7 Å². The maximum absolute atomic E-state index is 8.81. The minimum absolute atomic E-state index is 0.0345. The van der Waals surface area contributed by atoms with Crippen molar-refractivity contribution in [3.63, 3.8) is 0 Å². The fourth-order valence-corrected chi connectivity index (χ4v) is 1.09. The van der Waals surface area contributed by atoms with Crippen LogP contribution in [0.25, 0.3) is 5.69 Å². The quantitative estimate of drug-likeness (QED) is 0.733. The first-order valence-electron chi connectivity index (χ1n) is 3.94. The summed E-state index contributed by atoms with van der Waals surface area (Å²) in [5.74, 6) is 0. The molecule has 2 aromatic heterocycles. The first kappa shape index (κ1) is 7.94. The van der Waals surface area contributed by atoms with E-state index in [-0.39, 0.29) is 6.61 Å². The number of hydrogen-bond donors (Lipinski definition) is 1. The molecular formula is C9H9N3O. The lowest BCUT2D eigenvalue weighted by atomic mass is 10.4. The Bertz CT molecular complexity index is 383. The average molecular weight is 175 g/mol. The molecule has 0 unspecified atom stereocenters. The zero-order valence-electron chi connectivity index (χ0n) is 6.96. The SMILES string of the molecule is OCc1cn(-c2cccnc2)cn1. The molecule has 2 heterocycles. The van der Waals surface area contributed by atoms with Crippen LogP contribution in [0.1, 0.15) is 5.69 Å². The molecule has 1 N–H and O–H groups in total. The van der Waals surface area contributed by atoms with Crippen molar-refractivity contribution in [1.29, 1.82) is 0 Å². The average Bonchev–Trinajstić information content (AvgIpc) is 2.67. The van der Waals surface area contributed by atoms with Crippen LogP contribution in [0.3, 0.4) is 0 Å². The molecule has 0 amide bonds. The molecule has 0 radical (unpaired) electrons. The van der Waals surface area contributed by atoms with Gasteiger partial charge in [-0.2, -0.15) is 0 Å². The Labute approximate surface area is 75.5 Å². The number of hydrogen-bond acceptors (Lipinski definition) is 3. The van der Waals surface area contributed by atoms with Gasteiger partial charge in [0.05, 0.1) is 30.5 Å². The summed E-state index contributed by atoms with van der Waals surface area (Å²) in [6.45, 7) is -0.0345. The summed E-state index contributed by atoms with van der Waals surface area (Å²) < 4.78 is 1.82. The van der Waals surface area contributed by atoms with E-state index in [1.165, 1.54) is 0 Å². The molecule has 0 saturated carbocycles. The molecule has 0 aliphatic rings. The molecule has 0 bridgehead atoms. The van der Waals surface area contributed by atoms with Crippen LogP contribution in [0.4, 0.5) is 0 Å². The van der Waals surface area contributed by atoms with E-state index in [0.29, 0.717) is 5.69 Å². The highest BCUT2D eigenvalue weighted by Gasteiger charge is 1.98. The summed E-state index contributed by atoms with van der Waals surface area (Å²) >= 11 is 0. The summed E-state index contributed by atoms with van der Waals surface area (Å²) in [4.78, 5) is 7.98. The maximum Gasteiger partial charge on any atom is 0.0996 e. The van der Waals surface area contributed by atoms with E-state index in [4.69, 9.17) is 5.11 Å². The second-order valence-electron chi connectivity index (χ2n) is 2.64. The van der Waals surface area contributed by atoms with E-state index >= 15 is 0 Å². The first-order chi connectivity index (χ1) is 6.40. The topological polar surface area (TPSA) is 50.9 Å². The largest absolute Gasteiger partial charge is 0.390 e. The van der Waals surface area contributed by atoms with Gasteiger partial charge >= 0.3 is 0 Å². The van der Waals surface area contributed by atoms with E-state index in [1.54, 1.807) is 24.9 Å². The molecular weight excluding hydrogens is 166 g/mol. The Morgan fingerprint density at radius 2 is 2.38 bits per heavy atom. The van der Waals surface area contributed by atoms with Gasteiger partial charge in [0.25, 0.3) is 0 Å². The van der Waals surface area contributed by atoms with Crippen molar-refractivity contribution in [3.05, 3.63) is 42.7 Å². The number of imidazole rings is 1. The molecule has 0 atom stereocenters. The van der Waals surface area contributed by atoms with Gasteiger partial charge in [-0.15, -0.1) is 0 Å². The van der Waals surface area contributed by atoms with Crippen LogP contribution in [0.5, 0.6) is 0 Å². The molecule has 0 aliphatic heterocycles. The van der Waals surface area contributed by atoms with Crippen molar-refractivity contribution < 1.29 is 5.11 Å². The van der Waals surface area contributed by atoms with Crippen LogP contribution < -0.4 is 0 Å². The van der Waals surface area contributed by atoms with Crippen LogP contribution in [0.15, 0.2) is 37.1 Å². The zero-order chi connectivity index (χ0) is 9.10. The highest BCUT2D eigenvalue weighted by Crippen LogP contribution is 2.05. The summed E-state index contributed by atoms with van der Waals surface area (Å²) in [6, 6.07) is 3.78. The second-order valence-corrected chi connectivity index (χ2v) is 2.64. The molecule has 2 rings (SSSR count). The highest BCUT2D eigenvalue weighted by atomic mass is 16.3. The molecule has 4 nitrogen and oxygen atoms in total. The van der Waals surface area contributed by atoms with Crippen molar-refractivity contribution in [1.82, 2.24) is 14.5 Å². The van der Waals surface area contributed by atoms with Crippen molar-refractivity contribution in [3.8, 4) is 5.69 Å². The molecule has 66 valence electrons. The monoisotopic (exact) mass is 175 g/mol. The zero-order valence-corrected chi connectivity index (χ0v) is 6.96. The van der Waals surface area contributed by atoms with E-state index in [2.05, 4.69) is 9.97 Å². The number of aliphatic hydroxyl groups is 1. The Kier molecular flexibility index (Phi) is 2.06. The van der Waals surface area contributed by atoms with Gasteiger partial charge in [0.1, 0.15) is 0 Å². The van der Waals surface area contributed by atoms with Gasteiger partial charge in [-0.05, 0) is 12.1 Å². The molecule has 4 heteroatoms. The maximum atomic E-state index is 8.81. The van der Waals surface area contributed by atoms with Crippen LogP contribution in [0, 0.1) is 0 Å². The number of aliphatic hydroxyl groups excluding tert-OH is 1. The van der Waals surface area contributed by atoms with Crippen molar-refractivity contribution in [2.45, 2.75) is 6.61 Å². The van der Waals surface area contributed by atoms with Gasteiger partial charge in [0.2, 0.25) is 0 Å². The molecule has 0 fully saturated rings. The lowest BCUT2D eigenvalue weighted by molar-refractivity contribution is 0.277. The van der Waals surface area contributed by atoms with E-state index < -0.39 is 0 Å². The standard InChI is InChI=1S/C9H9N3O/c13-6-8-5-12(7-11-8)9-2-1-3-10-4-9/h1-5,7,13H,6H2. The van der Waals surface area contributed by atoms with Gasteiger partial charge in [0, 0.05) is 12.4 Å². The number of nitrogens with zero attached hydrogens (tertiary/aromatic N) is 3. The van der Waals surface area contributed by atoms with Gasteiger partial charge in [-0.3, -0.25) is 4.98 Å². The summed E-state index contributed by atoms with van der Waals surface area (Å²) in [6.07, 6.45) is 6.88. The van der Waals surface area contributed by atoms with Crippen LogP contribution in [0.2, 0.25) is 0 Å². The molecule has 13 heavy (non-hydrogen) atoms. The van der Waals surface area contributed by atoms with Gasteiger partial charge in [0.15, 0.2) is 0 Å². The van der Waals surface area contributed by atoms with Crippen LogP contribution >= 0.6 is 0 Å². The normalized spacial score (nSPS) is 10.2. The third-order valence-corrected chi connectivity index (χ3v) is 1.74. The molecule has 0 aliphatic carbocycles. The number of pyridine rings is 1. The lowest BCUT2D eigenvalue weighted by Crippen LogP contribution is -1.89. The predicted octanol–water partition coefficient (Wildman–Crippen LogP) is 0.760. The highest BCUT2D eigenvalue weighted by molar-refractivity contribution is 5.27. The third kappa shape index (κ3) is 1.57. The minimum atomic E-state index is -0.0345. The second kappa shape index (κ2) is 3.37. The Hall–Kier alpha value is -1.68. The summed E-state index contributed by atoms with van der Waals surface area (Å²) in [5, 5.41) is 8.81. The van der Waals surface area contributed by atoms with Gasteiger partial charge in [-0.1, -0.05) is 0 Å². The smallest absolute Gasteiger partial charge is 0.0996 e. The fourth-order valence-electron chi connectivity index (χ4n) is 1.09. The summed E-state index contributed by atoms with van der Waals surface area (Å²) in [7, 11) is 0. The lowest BCUT2D eigenvalue weighted by Gasteiger charge is -1.98. The molecule has 0 aromatic carbocycles. The van der Waals surface area contributed by atoms with Gasteiger partial charge < -0.3 is 9.67 Å². The Morgan fingerprint density at radius 1 is 1.46 bits per heavy atom. The third-order valence-electron chi connectivity index (χ3n) is 1.74. The van der Waals surface area contributed by atoms with E-state index in [0.717, 1.165) is 5.69 Å². The summed E-state index contributed by atoms with van der Waals surface area (Å²) in [5.41, 5.74) is 1.60. The fraction of sp³-hybridized carbons (Fsp3) is 0.111. The Morgan fingerprint density at radius 3 is 3.00 bits per heavy atom. The van der Waals surface area contributed by atoms with E-state index in [9.17, 15) is 0 Å². The first-order valence-corrected chi connectivity index (χ1v) is 3.94. The number of rotatable bonds is 2. The van der Waals surface area contributed by atoms with Gasteiger partial charge in [-0.25, -0.2) is 4.98 Å². The molecule has 0 spiro atoms. The van der Waals surface area contributed by atoms with Crippen LogP contribution in [-0.2, 0) is 6.61 Å². The van der Waals surface area contributed by atoms with Crippen molar-refractivity contribution >= 4 is 0 Å². The minimum Gasteiger partial charge on any atom is -0.390 e. The molecule has 2 aromatic rings. The Balaban J connectivity index is 2.36. The van der Waals surface area contributed by atoms with Crippen molar-refractivity contribution in [2.24, 2.45) is 0 Å². The van der Waals surface area contributed by atoms with Crippen LogP contribution in [-0.4, -0.2) is 19.6 Å². The molecule has 0 saturated heterocycles. The number of aromatic nitrogens is 3. The predicted molar refractivity (Wildman–Crippen MR) is 47.3 cm³/mol. The van der Waals surface area contributed by atoms with Crippen molar-refractivity contribution in [2.75, 3.05) is 0 Å².